The lowest BCUT2D eigenvalue weighted by Crippen LogP contribution is -2.32. The van der Waals surface area contributed by atoms with Crippen LogP contribution in [0.4, 0.5) is 0 Å². The molecule has 0 fully saturated rings. The van der Waals surface area contributed by atoms with Crippen LogP contribution in [-0.2, 0) is 0 Å². The predicted molar refractivity (Wildman–Crippen MR) is 75.6 cm³/mol. The highest BCUT2D eigenvalue weighted by molar-refractivity contribution is 5.39. The molecule has 1 N–H and O–H groups in total. The number of aryl methyl sites for hydroxylation is 3. The van der Waals surface area contributed by atoms with Crippen molar-refractivity contribution in [3.05, 3.63) is 34.4 Å². The molecule has 2 nitrogen and oxygen atoms in total. The van der Waals surface area contributed by atoms with Gasteiger partial charge in [-0.2, -0.15) is 0 Å². The molecule has 0 aromatic heterocycles. The summed E-state index contributed by atoms with van der Waals surface area (Å²) in [5, 5.41) is 3.46. The molecule has 0 aliphatic heterocycles. The summed E-state index contributed by atoms with van der Waals surface area (Å²) in [6, 6.07) is 5.02. The number of nitrogens with zero attached hydrogens (tertiary/aromatic N) is 1. The summed E-state index contributed by atoms with van der Waals surface area (Å²) >= 11 is 0. The zero-order valence-corrected chi connectivity index (χ0v) is 12.1. The molecule has 0 amide bonds. The minimum absolute atomic E-state index is 0.454. The van der Waals surface area contributed by atoms with Gasteiger partial charge in [0.25, 0.3) is 0 Å². The van der Waals surface area contributed by atoms with E-state index in [1.165, 1.54) is 22.3 Å². The second-order valence-electron chi connectivity index (χ2n) is 5.10. The van der Waals surface area contributed by atoms with Crippen LogP contribution in [-0.4, -0.2) is 32.1 Å². The molecule has 0 heterocycles. The highest BCUT2D eigenvalue weighted by atomic mass is 15.1. The molecule has 1 aromatic rings. The summed E-state index contributed by atoms with van der Waals surface area (Å²) < 4.78 is 0. The van der Waals surface area contributed by atoms with Gasteiger partial charge in [0, 0.05) is 12.6 Å². The van der Waals surface area contributed by atoms with Crippen molar-refractivity contribution in [1.29, 1.82) is 0 Å². The molecule has 96 valence electrons. The Morgan fingerprint density at radius 2 is 1.65 bits per heavy atom. The number of hydrogen-bond acceptors (Lipinski definition) is 2. The van der Waals surface area contributed by atoms with Gasteiger partial charge in [0.1, 0.15) is 0 Å². The van der Waals surface area contributed by atoms with Gasteiger partial charge in [-0.1, -0.05) is 24.6 Å². The van der Waals surface area contributed by atoms with Gasteiger partial charge in [-0.3, -0.25) is 0 Å². The lowest BCUT2D eigenvalue weighted by atomic mass is 9.93. The zero-order valence-electron chi connectivity index (χ0n) is 12.1. The van der Waals surface area contributed by atoms with Crippen LogP contribution < -0.4 is 5.32 Å². The Balaban J connectivity index is 3.09. The number of likely N-dealkylation sites (N-methyl/N-ethyl adjacent to an activating group) is 2. The van der Waals surface area contributed by atoms with Crippen LogP contribution in [0.5, 0.6) is 0 Å². The molecule has 2 heteroatoms. The van der Waals surface area contributed by atoms with Gasteiger partial charge in [-0.25, -0.2) is 0 Å². The summed E-state index contributed by atoms with van der Waals surface area (Å²) in [6.07, 6.45) is 0. The third kappa shape index (κ3) is 3.55. The highest BCUT2D eigenvalue weighted by Gasteiger charge is 2.17. The van der Waals surface area contributed by atoms with Crippen molar-refractivity contribution in [2.24, 2.45) is 0 Å². The Labute approximate surface area is 106 Å². The zero-order chi connectivity index (χ0) is 13.0. The molecule has 1 aromatic carbocycles. The molecule has 1 atom stereocenters. The third-order valence-corrected chi connectivity index (χ3v) is 3.28. The first kappa shape index (κ1) is 14.2. The molecule has 0 radical (unpaired) electrons. The summed E-state index contributed by atoms with van der Waals surface area (Å²) in [5.74, 6) is 0. The molecule has 0 saturated heterocycles. The maximum atomic E-state index is 3.46. The summed E-state index contributed by atoms with van der Waals surface area (Å²) in [5.41, 5.74) is 5.63. The van der Waals surface area contributed by atoms with Crippen LogP contribution in [0.25, 0.3) is 0 Å². The normalized spacial score (nSPS) is 13.1. The topological polar surface area (TPSA) is 15.3 Å². The van der Waals surface area contributed by atoms with Crippen molar-refractivity contribution in [3.63, 3.8) is 0 Å². The maximum Gasteiger partial charge on any atom is 0.0472 e. The molecule has 0 aliphatic carbocycles. The summed E-state index contributed by atoms with van der Waals surface area (Å²) in [6.45, 7) is 10.8. The average Bonchev–Trinajstić information content (AvgIpc) is 2.20. The van der Waals surface area contributed by atoms with Crippen LogP contribution in [0.3, 0.4) is 0 Å². The smallest absolute Gasteiger partial charge is 0.0472 e. The van der Waals surface area contributed by atoms with Crippen molar-refractivity contribution >= 4 is 0 Å². The first-order valence-electron chi connectivity index (χ1n) is 6.42. The predicted octanol–water partition coefficient (Wildman–Crippen LogP) is 2.82. The highest BCUT2D eigenvalue weighted by Crippen LogP contribution is 2.26. The molecule has 1 rings (SSSR count). The number of benzene rings is 1. The maximum absolute atomic E-state index is 3.46. The second kappa shape index (κ2) is 6.18. The second-order valence-corrected chi connectivity index (χ2v) is 5.10. The molecule has 0 bridgehead atoms. The van der Waals surface area contributed by atoms with Gasteiger partial charge in [0.2, 0.25) is 0 Å². The summed E-state index contributed by atoms with van der Waals surface area (Å²) in [7, 11) is 4.31. The van der Waals surface area contributed by atoms with E-state index >= 15 is 0 Å². The van der Waals surface area contributed by atoms with E-state index in [0.29, 0.717) is 6.04 Å². The van der Waals surface area contributed by atoms with Gasteiger partial charge >= 0.3 is 0 Å². The Morgan fingerprint density at radius 1 is 1.12 bits per heavy atom. The largest absolute Gasteiger partial charge is 0.315 e. The van der Waals surface area contributed by atoms with Crippen LogP contribution in [0.15, 0.2) is 12.1 Å². The lowest BCUT2D eigenvalue weighted by Gasteiger charge is -2.28. The minimum Gasteiger partial charge on any atom is -0.315 e. The van der Waals surface area contributed by atoms with Crippen LogP contribution in [0, 0.1) is 20.8 Å². The fourth-order valence-corrected chi connectivity index (χ4v) is 2.54. The van der Waals surface area contributed by atoms with Gasteiger partial charge < -0.3 is 10.2 Å². The van der Waals surface area contributed by atoms with Crippen molar-refractivity contribution in [2.75, 3.05) is 27.2 Å². The molecule has 17 heavy (non-hydrogen) atoms. The Hall–Kier alpha value is -0.860. The standard InChI is InChI=1S/C15H26N2/c1-7-16-10-14(17(5)6)15-12(3)8-11(2)9-13(15)4/h8-9,14,16H,7,10H2,1-6H3. The van der Waals surface area contributed by atoms with Crippen LogP contribution in [0.2, 0.25) is 0 Å². The fraction of sp³-hybridized carbons (Fsp3) is 0.600. The van der Waals surface area contributed by atoms with E-state index < -0.39 is 0 Å². The van der Waals surface area contributed by atoms with E-state index in [-0.39, 0.29) is 0 Å². The quantitative estimate of drug-likeness (QED) is 0.843. The molecule has 0 aliphatic rings. The van der Waals surface area contributed by atoms with E-state index in [4.69, 9.17) is 0 Å². The number of nitrogens with one attached hydrogen (secondary N) is 1. The molecule has 0 saturated carbocycles. The number of hydrogen-bond donors (Lipinski definition) is 1. The fourth-order valence-electron chi connectivity index (χ4n) is 2.54. The monoisotopic (exact) mass is 234 g/mol. The van der Waals surface area contributed by atoms with E-state index in [0.717, 1.165) is 13.1 Å². The third-order valence-electron chi connectivity index (χ3n) is 3.28. The lowest BCUT2D eigenvalue weighted by molar-refractivity contribution is 0.288. The Bertz CT molecular complexity index is 346. The average molecular weight is 234 g/mol. The van der Waals surface area contributed by atoms with E-state index in [2.05, 4.69) is 64.1 Å². The van der Waals surface area contributed by atoms with Crippen molar-refractivity contribution in [1.82, 2.24) is 10.2 Å². The van der Waals surface area contributed by atoms with Crippen molar-refractivity contribution in [3.8, 4) is 0 Å². The summed E-state index contributed by atoms with van der Waals surface area (Å²) in [4.78, 5) is 2.30. The molecule has 1 unspecified atom stereocenters. The first-order chi connectivity index (χ1) is 7.97. The van der Waals surface area contributed by atoms with Gasteiger partial charge in [0.05, 0.1) is 0 Å². The molecular weight excluding hydrogens is 208 g/mol. The Morgan fingerprint density at radius 3 is 2.06 bits per heavy atom. The SMILES string of the molecule is CCNCC(c1c(C)cc(C)cc1C)N(C)C. The van der Waals surface area contributed by atoms with Crippen molar-refractivity contribution < 1.29 is 0 Å². The van der Waals surface area contributed by atoms with Gasteiger partial charge in [-0.05, 0) is 58.1 Å². The first-order valence-corrected chi connectivity index (χ1v) is 6.42. The van der Waals surface area contributed by atoms with Crippen molar-refractivity contribution in [2.45, 2.75) is 33.7 Å². The molecular formula is C15H26N2. The van der Waals surface area contributed by atoms with Crippen LogP contribution in [0.1, 0.15) is 35.2 Å². The Kier molecular flexibility index (Phi) is 5.16. The van der Waals surface area contributed by atoms with E-state index in [9.17, 15) is 0 Å². The number of rotatable bonds is 5. The van der Waals surface area contributed by atoms with Gasteiger partial charge in [0.15, 0.2) is 0 Å². The van der Waals surface area contributed by atoms with E-state index in [1.54, 1.807) is 0 Å². The molecule has 0 spiro atoms. The van der Waals surface area contributed by atoms with E-state index in [1.807, 2.05) is 0 Å². The van der Waals surface area contributed by atoms with Crippen LogP contribution >= 0.6 is 0 Å². The minimum atomic E-state index is 0.454. The van der Waals surface area contributed by atoms with Gasteiger partial charge in [-0.15, -0.1) is 0 Å².